The van der Waals surface area contributed by atoms with Gasteiger partial charge in [-0.1, -0.05) is 13.8 Å². The second-order valence-electron chi connectivity index (χ2n) is 6.46. The third kappa shape index (κ3) is 2.58. The van der Waals surface area contributed by atoms with E-state index in [1.165, 1.54) is 25.9 Å². The highest BCUT2D eigenvalue weighted by Crippen LogP contribution is 2.38. The van der Waals surface area contributed by atoms with Gasteiger partial charge in [0.2, 0.25) is 0 Å². The maximum Gasteiger partial charge on any atom is 0.0525 e. The van der Waals surface area contributed by atoms with E-state index in [4.69, 9.17) is 10.5 Å². The summed E-state index contributed by atoms with van der Waals surface area (Å²) in [5.41, 5.74) is 6.41. The summed E-state index contributed by atoms with van der Waals surface area (Å²) >= 11 is 0. The van der Waals surface area contributed by atoms with Crippen LogP contribution in [0.5, 0.6) is 0 Å². The minimum atomic E-state index is 0.261. The van der Waals surface area contributed by atoms with Gasteiger partial charge in [-0.05, 0) is 24.7 Å². The molecule has 2 rings (SSSR count). The fourth-order valence-corrected chi connectivity index (χ4v) is 3.57. The molecule has 2 fully saturated rings. The van der Waals surface area contributed by atoms with Gasteiger partial charge in [-0.25, -0.2) is 0 Å². The predicted octanol–water partition coefficient (Wildman–Crippen LogP) is 1.33. The zero-order valence-electron chi connectivity index (χ0n) is 10.9. The maximum absolute atomic E-state index is 6.15. The van der Waals surface area contributed by atoms with Crippen molar-refractivity contribution in [2.45, 2.75) is 32.7 Å². The highest BCUT2D eigenvalue weighted by atomic mass is 16.5. The average molecular weight is 226 g/mol. The van der Waals surface area contributed by atoms with E-state index in [0.29, 0.717) is 6.04 Å². The lowest BCUT2D eigenvalue weighted by atomic mass is 9.94. The van der Waals surface area contributed by atoms with Gasteiger partial charge in [0.25, 0.3) is 0 Å². The van der Waals surface area contributed by atoms with E-state index >= 15 is 0 Å². The molecule has 0 aromatic rings. The predicted molar refractivity (Wildman–Crippen MR) is 66.3 cm³/mol. The number of hydrogen-bond donors (Lipinski definition) is 1. The van der Waals surface area contributed by atoms with Gasteiger partial charge in [0.15, 0.2) is 0 Å². The number of ether oxygens (including phenoxy) is 1. The molecule has 3 unspecified atom stereocenters. The third-order valence-electron chi connectivity index (χ3n) is 4.17. The monoisotopic (exact) mass is 226 g/mol. The maximum atomic E-state index is 6.15. The molecular formula is C13H26N2O. The first kappa shape index (κ1) is 12.3. The van der Waals surface area contributed by atoms with Gasteiger partial charge in [0.1, 0.15) is 0 Å². The number of rotatable bonds is 4. The third-order valence-corrected chi connectivity index (χ3v) is 4.17. The normalized spacial score (nSPS) is 35.6. The molecule has 94 valence electrons. The lowest BCUT2D eigenvalue weighted by molar-refractivity contribution is 0.0743. The minimum absolute atomic E-state index is 0.261. The Labute approximate surface area is 99.3 Å². The summed E-state index contributed by atoms with van der Waals surface area (Å²) in [5.74, 6) is 1.63. The van der Waals surface area contributed by atoms with Gasteiger partial charge >= 0.3 is 0 Å². The van der Waals surface area contributed by atoms with Gasteiger partial charge in [-0.2, -0.15) is 0 Å². The number of methoxy groups -OCH3 is 1. The molecule has 3 atom stereocenters. The summed E-state index contributed by atoms with van der Waals surface area (Å²) < 4.78 is 5.28. The molecular weight excluding hydrogens is 200 g/mol. The Balaban J connectivity index is 1.85. The van der Waals surface area contributed by atoms with E-state index in [9.17, 15) is 0 Å². The van der Waals surface area contributed by atoms with Gasteiger partial charge in [-0.15, -0.1) is 0 Å². The van der Waals surface area contributed by atoms with Crippen molar-refractivity contribution in [2.75, 3.05) is 33.4 Å². The van der Waals surface area contributed by atoms with Crippen LogP contribution in [0.2, 0.25) is 0 Å². The zero-order valence-corrected chi connectivity index (χ0v) is 10.9. The molecule has 2 N–H and O–H groups in total. The van der Waals surface area contributed by atoms with E-state index in [2.05, 4.69) is 18.7 Å². The Hall–Kier alpha value is -0.120. The average Bonchev–Trinajstić information content (AvgIpc) is 2.68. The standard InChI is InChI=1S/C13H26N2O/c1-13(2,9-16-3)8-15-6-10-4-5-12(14)11(10)7-15/h10-12H,4-9,14H2,1-3H3. The Morgan fingerprint density at radius 2 is 2.06 bits per heavy atom. The number of nitrogens with two attached hydrogens (primary N) is 1. The lowest BCUT2D eigenvalue weighted by Gasteiger charge is -2.30. The second-order valence-corrected chi connectivity index (χ2v) is 6.46. The zero-order chi connectivity index (χ0) is 11.8. The first-order valence-electron chi connectivity index (χ1n) is 6.49. The van der Waals surface area contributed by atoms with E-state index < -0.39 is 0 Å². The summed E-state index contributed by atoms with van der Waals surface area (Å²) in [6, 6.07) is 0.459. The molecule has 1 aliphatic carbocycles. The van der Waals surface area contributed by atoms with Crippen molar-refractivity contribution in [3.05, 3.63) is 0 Å². The van der Waals surface area contributed by atoms with Crippen LogP contribution in [0.15, 0.2) is 0 Å². The van der Waals surface area contributed by atoms with Crippen LogP contribution in [-0.4, -0.2) is 44.3 Å². The first-order chi connectivity index (χ1) is 7.52. The number of likely N-dealkylation sites (tertiary alicyclic amines) is 1. The van der Waals surface area contributed by atoms with Crippen LogP contribution >= 0.6 is 0 Å². The van der Waals surface area contributed by atoms with Gasteiger partial charge in [0.05, 0.1) is 6.61 Å². The smallest absolute Gasteiger partial charge is 0.0525 e. The SMILES string of the molecule is COCC(C)(C)CN1CC2CCC(N)C2C1. The van der Waals surface area contributed by atoms with E-state index in [1.54, 1.807) is 7.11 Å². The molecule has 2 aliphatic rings. The molecule has 0 amide bonds. The Morgan fingerprint density at radius 3 is 2.69 bits per heavy atom. The Bertz CT molecular complexity index is 242. The van der Waals surface area contributed by atoms with E-state index in [-0.39, 0.29) is 5.41 Å². The number of nitrogens with zero attached hydrogens (tertiary/aromatic N) is 1. The summed E-state index contributed by atoms with van der Waals surface area (Å²) in [6.07, 6.45) is 2.58. The van der Waals surface area contributed by atoms with Crippen molar-refractivity contribution in [3.8, 4) is 0 Å². The molecule has 3 nitrogen and oxygen atoms in total. The minimum Gasteiger partial charge on any atom is -0.384 e. The molecule has 0 bridgehead atoms. The molecule has 1 saturated heterocycles. The van der Waals surface area contributed by atoms with Crippen molar-refractivity contribution in [3.63, 3.8) is 0 Å². The van der Waals surface area contributed by atoms with Crippen LogP contribution in [0.3, 0.4) is 0 Å². The Kier molecular flexibility index (Phi) is 3.57. The summed E-state index contributed by atoms with van der Waals surface area (Å²) in [6.45, 7) is 9.00. The van der Waals surface area contributed by atoms with Crippen LogP contribution in [0, 0.1) is 17.3 Å². The Morgan fingerprint density at radius 1 is 1.31 bits per heavy atom. The summed E-state index contributed by atoms with van der Waals surface area (Å²) in [7, 11) is 1.79. The molecule has 1 heterocycles. The van der Waals surface area contributed by atoms with Gasteiger partial charge < -0.3 is 15.4 Å². The molecule has 0 aromatic heterocycles. The molecule has 0 aromatic carbocycles. The van der Waals surface area contributed by atoms with Crippen LogP contribution in [-0.2, 0) is 4.74 Å². The lowest BCUT2D eigenvalue weighted by Crippen LogP contribution is -2.37. The van der Waals surface area contributed by atoms with Crippen LogP contribution in [0.4, 0.5) is 0 Å². The highest BCUT2D eigenvalue weighted by molar-refractivity contribution is 4.96. The quantitative estimate of drug-likeness (QED) is 0.786. The van der Waals surface area contributed by atoms with Crippen LogP contribution in [0.25, 0.3) is 0 Å². The van der Waals surface area contributed by atoms with Gasteiger partial charge in [-0.3, -0.25) is 0 Å². The first-order valence-corrected chi connectivity index (χ1v) is 6.49. The second kappa shape index (κ2) is 4.63. The fourth-order valence-electron chi connectivity index (χ4n) is 3.57. The van der Waals surface area contributed by atoms with E-state index in [0.717, 1.165) is 25.0 Å². The highest BCUT2D eigenvalue weighted by Gasteiger charge is 2.41. The number of hydrogen-bond acceptors (Lipinski definition) is 3. The van der Waals surface area contributed by atoms with Crippen molar-refractivity contribution in [1.29, 1.82) is 0 Å². The molecule has 16 heavy (non-hydrogen) atoms. The largest absolute Gasteiger partial charge is 0.384 e. The van der Waals surface area contributed by atoms with Crippen molar-refractivity contribution in [2.24, 2.45) is 23.0 Å². The van der Waals surface area contributed by atoms with Gasteiger partial charge in [0, 0.05) is 38.2 Å². The molecule has 1 saturated carbocycles. The summed E-state index contributed by atoms with van der Waals surface area (Å²) in [4.78, 5) is 2.59. The molecule has 0 spiro atoms. The number of fused-ring (bicyclic) bond motifs is 1. The van der Waals surface area contributed by atoms with Crippen molar-refractivity contribution in [1.82, 2.24) is 4.90 Å². The topological polar surface area (TPSA) is 38.5 Å². The molecule has 1 aliphatic heterocycles. The molecule has 0 radical (unpaired) electrons. The molecule has 3 heteroatoms. The van der Waals surface area contributed by atoms with Crippen molar-refractivity contribution >= 4 is 0 Å². The van der Waals surface area contributed by atoms with Crippen LogP contribution < -0.4 is 5.73 Å². The fraction of sp³-hybridized carbons (Fsp3) is 1.00. The van der Waals surface area contributed by atoms with Crippen LogP contribution in [0.1, 0.15) is 26.7 Å². The summed E-state index contributed by atoms with van der Waals surface area (Å²) in [5, 5.41) is 0. The van der Waals surface area contributed by atoms with E-state index in [1.807, 2.05) is 0 Å². The van der Waals surface area contributed by atoms with Crippen molar-refractivity contribution < 1.29 is 4.74 Å².